The molecule has 1 saturated carbocycles. The molecule has 0 spiro atoms. The second-order valence-electron chi connectivity index (χ2n) is 6.35. The summed E-state index contributed by atoms with van der Waals surface area (Å²) in [6.45, 7) is 9.22. The van der Waals surface area contributed by atoms with Crippen LogP contribution in [-0.4, -0.2) is 23.5 Å². The highest BCUT2D eigenvalue weighted by Gasteiger charge is 2.30. The topological polar surface area (TPSA) is 55.4 Å². The fourth-order valence-corrected chi connectivity index (χ4v) is 1.89. The molecule has 1 unspecified atom stereocenters. The van der Waals surface area contributed by atoms with E-state index >= 15 is 0 Å². The highest BCUT2D eigenvalue weighted by atomic mass is 16.6. The number of rotatable bonds is 5. The molecule has 0 aromatic carbocycles. The van der Waals surface area contributed by atoms with Crippen molar-refractivity contribution >= 4 is 11.9 Å². The second-order valence-corrected chi connectivity index (χ2v) is 6.35. The van der Waals surface area contributed by atoms with E-state index in [1.807, 2.05) is 0 Å². The van der Waals surface area contributed by atoms with Crippen LogP contribution >= 0.6 is 0 Å². The minimum absolute atomic E-state index is 0.0836. The summed E-state index contributed by atoms with van der Waals surface area (Å²) < 4.78 is 5.12. The van der Waals surface area contributed by atoms with Gasteiger partial charge >= 0.3 is 6.09 Å². The molecule has 0 aliphatic heterocycles. The summed E-state index contributed by atoms with van der Waals surface area (Å²) in [5.74, 6) is 1.23. The molecular formula is C14H25NO3. The van der Waals surface area contributed by atoms with Crippen molar-refractivity contribution in [1.29, 1.82) is 0 Å². The monoisotopic (exact) mass is 255 g/mol. The van der Waals surface area contributed by atoms with Gasteiger partial charge in [0.1, 0.15) is 5.60 Å². The van der Waals surface area contributed by atoms with Gasteiger partial charge in [0.05, 0.1) is 6.04 Å². The highest BCUT2D eigenvalue weighted by Crippen LogP contribution is 2.38. The van der Waals surface area contributed by atoms with E-state index in [1.165, 1.54) is 12.8 Å². The largest absolute Gasteiger partial charge is 0.444 e. The van der Waals surface area contributed by atoms with Crippen LogP contribution in [0.4, 0.5) is 4.79 Å². The molecule has 18 heavy (non-hydrogen) atoms. The minimum Gasteiger partial charge on any atom is -0.444 e. The van der Waals surface area contributed by atoms with Gasteiger partial charge in [0.15, 0.2) is 5.78 Å². The lowest BCUT2D eigenvalue weighted by Gasteiger charge is -2.22. The number of ether oxygens (including phenoxy) is 1. The second kappa shape index (κ2) is 5.72. The summed E-state index contributed by atoms with van der Waals surface area (Å²) in [5.41, 5.74) is -0.534. The molecule has 0 bridgehead atoms. The molecule has 4 heteroatoms. The molecule has 0 aromatic heterocycles. The highest BCUT2D eigenvalue weighted by molar-refractivity contribution is 5.87. The molecule has 0 radical (unpaired) electrons. The van der Waals surface area contributed by atoms with Crippen molar-refractivity contribution in [3.63, 3.8) is 0 Å². The predicted octanol–water partition coefficient (Wildman–Crippen LogP) is 2.90. The molecule has 2 atom stereocenters. The van der Waals surface area contributed by atoms with Crippen LogP contribution in [0, 0.1) is 11.8 Å². The molecule has 0 aromatic rings. The lowest BCUT2D eigenvalue weighted by Crippen LogP contribution is -2.42. The van der Waals surface area contributed by atoms with E-state index in [4.69, 9.17) is 4.74 Å². The minimum atomic E-state index is -0.534. The summed E-state index contributed by atoms with van der Waals surface area (Å²) in [6, 6.07) is -0.471. The first-order valence-electron chi connectivity index (χ1n) is 6.71. The van der Waals surface area contributed by atoms with Gasteiger partial charge in [-0.2, -0.15) is 0 Å². The third-order valence-electron chi connectivity index (χ3n) is 3.17. The fourth-order valence-electron chi connectivity index (χ4n) is 1.89. The Hall–Kier alpha value is -1.06. The first-order valence-corrected chi connectivity index (χ1v) is 6.71. The normalized spacial score (nSPS) is 18.9. The lowest BCUT2D eigenvalue weighted by molar-refractivity contribution is -0.121. The van der Waals surface area contributed by atoms with Crippen LogP contribution in [-0.2, 0) is 9.53 Å². The molecule has 1 aliphatic carbocycles. The van der Waals surface area contributed by atoms with Crippen LogP contribution in [0.15, 0.2) is 0 Å². The fraction of sp³-hybridized carbons (Fsp3) is 0.857. The maximum Gasteiger partial charge on any atom is 0.408 e. The Morgan fingerprint density at radius 3 is 2.28 bits per heavy atom. The number of Topliss-reactive ketones (excluding diaryl/α,β-unsaturated/α-hetero) is 1. The van der Waals surface area contributed by atoms with Crippen LogP contribution in [0.3, 0.4) is 0 Å². The SMILES string of the molecule is CC(CC(=O)[C@@H](C)NC(=O)OC(C)(C)C)C1CC1. The van der Waals surface area contributed by atoms with Crippen LogP contribution in [0.5, 0.6) is 0 Å². The number of hydrogen-bond acceptors (Lipinski definition) is 3. The first-order chi connectivity index (χ1) is 8.19. The number of nitrogens with one attached hydrogen (secondary N) is 1. The van der Waals surface area contributed by atoms with E-state index < -0.39 is 17.7 Å². The van der Waals surface area contributed by atoms with Crippen LogP contribution in [0.2, 0.25) is 0 Å². The molecule has 1 amide bonds. The number of hydrogen-bond donors (Lipinski definition) is 1. The van der Waals surface area contributed by atoms with Gasteiger partial charge in [0, 0.05) is 6.42 Å². The average Bonchev–Trinajstić information content (AvgIpc) is 2.96. The van der Waals surface area contributed by atoms with Gasteiger partial charge in [-0.25, -0.2) is 4.79 Å². The Morgan fingerprint density at radius 2 is 1.83 bits per heavy atom. The van der Waals surface area contributed by atoms with Crippen molar-refractivity contribution in [3.8, 4) is 0 Å². The maximum absolute atomic E-state index is 11.9. The Balaban J connectivity index is 2.32. The quantitative estimate of drug-likeness (QED) is 0.821. The zero-order chi connectivity index (χ0) is 13.9. The number of ketones is 1. The maximum atomic E-state index is 11.9. The van der Waals surface area contributed by atoms with Crippen molar-refractivity contribution in [2.75, 3.05) is 0 Å². The van der Waals surface area contributed by atoms with Crippen molar-refractivity contribution in [2.24, 2.45) is 11.8 Å². The molecule has 0 heterocycles. The number of carbonyl (C=O) groups is 2. The third-order valence-corrected chi connectivity index (χ3v) is 3.17. The molecule has 1 aliphatic rings. The Morgan fingerprint density at radius 1 is 1.28 bits per heavy atom. The molecule has 1 fully saturated rings. The average molecular weight is 255 g/mol. The molecule has 0 saturated heterocycles. The zero-order valence-corrected chi connectivity index (χ0v) is 12.1. The van der Waals surface area contributed by atoms with Crippen molar-refractivity contribution in [3.05, 3.63) is 0 Å². The summed E-state index contributed by atoms with van der Waals surface area (Å²) in [4.78, 5) is 23.4. The van der Waals surface area contributed by atoms with Crippen LogP contribution in [0.1, 0.15) is 53.9 Å². The van der Waals surface area contributed by atoms with E-state index in [2.05, 4.69) is 12.2 Å². The molecule has 1 rings (SSSR count). The Kier molecular flexibility index (Phi) is 4.77. The van der Waals surface area contributed by atoms with Gasteiger partial charge in [-0.3, -0.25) is 4.79 Å². The van der Waals surface area contributed by atoms with Gasteiger partial charge in [-0.05, 0) is 52.4 Å². The summed E-state index contributed by atoms with van der Waals surface area (Å²) >= 11 is 0. The number of alkyl carbamates (subject to hydrolysis) is 1. The van der Waals surface area contributed by atoms with Gasteiger partial charge in [0.25, 0.3) is 0 Å². The standard InChI is InChI=1S/C14H25NO3/c1-9(11-6-7-11)8-12(16)10(2)15-13(17)18-14(3,4)5/h9-11H,6-8H2,1-5H3,(H,15,17)/t9?,10-/m1/s1. The number of carbonyl (C=O) groups excluding carboxylic acids is 2. The first kappa shape index (κ1) is 15.0. The van der Waals surface area contributed by atoms with E-state index in [1.54, 1.807) is 27.7 Å². The van der Waals surface area contributed by atoms with E-state index in [9.17, 15) is 9.59 Å². The smallest absolute Gasteiger partial charge is 0.408 e. The van der Waals surface area contributed by atoms with Gasteiger partial charge in [-0.15, -0.1) is 0 Å². The third kappa shape index (κ3) is 5.52. The van der Waals surface area contributed by atoms with Gasteiger partial charge < -0.3 is 10.1 Å². The van der Waals surface area contributed by atoms with Crippen LogP contribution in [0.25, 0.3) is 0 Å². The van der Waals surface area contributed by atoms with E-state index in [-0.39, 0.29) is 5.78 Å². The molecule has 4 nitrogen and oxygen atoms in total. The molecule has 1 N–H and O–H groups in total. The predicted molar refractivity (Wildman–Crippen MR) is 70.3 cm³/mol. The Bertz CT molecular complexity index is 315. The summed E-state index contributed by atoms with van der Waals surface area (Å²) in [6.07, 6.45) is 2.49. The summed E-state index contributed by atoms with van der Waals surface area (Å²) in [5, 5.41) is 2.59. The Labute approximate surface area is 109 Å². The number of amides is 1. The lowest BCUT2D eigenvalue weighted by atomic mass is 9.97. The van der Waals surface area contributed by atoms with Crippen molar-refractivity contribution < 1.29 is 14.3 Å². The molecular weight excluding hydrogens is 230 g/mol. The van der Waals surface area contributed by atoms with E-state index in [0.29, 0.717) is 18.3 Å². The van der Waals surface area contributed by atoms with Crippen molar-refractivity contribution in [2.45, 2.75) is 65.5 Å². The van der Waals surface area contributed by atoms with Crippen molar-refractivity contribution in [1.82, 2.24) is 5.32 Å². The van der Waals surface area contributed by atoms with Crippen LogP contribution < -0.4 is 5.32 Å². The van der Waals surface area contributed by atoms with Gasteiger partial charge in [0.2, 0.25) is 0 Å². The summed E-state index contributed by atoms with van der Waals surface area (Å²) in [7, 11) is 0. The van der Waals surface area contributed by atoms with E-state index in [0.717, 1.165) is 0 Å². The zero-order valence-electron chi connectivity index (χ0n) is 12.1. The van der Waals surface area contributed by atoms with Gasteiger partial charge in [-0.1, -0.05) is 6.92 Å². The molecule has 104 valence electrons.